The second kappa shape index (κ2) is 6.73. The van der Waals surface area contributed by atoms with Gasteiger partial charge in [-0.05, 0) is 123 Å². The van der Waals surface area contributed by atoms with Crippen LogP contribution in [0.15, 0.2) is 0 Å². The van der Waals surface area contributed by atoms with Crippen LogP contribution in [0.3, 0.4) is 0 Å². The molecule has 6 bridgehead atoms. The minimum atomic E-state index is -0.109. The maximum absolute atomic E-state index is 13.6. The van der Waals surface area contributed by atoms with Crippen molar-refractivity contribution in [2.75, 3.05) is 0 Å². The number of carbonyl (C=O) groups is 1. The number of ether oxygens (including phenoxy) is 2. The van der Waals surface area contributed by atoms with E-state index in [1.807, 2.05) is 0 Å². The average molecular weight is 427 g/mol. The van der Waals surface area contributed by atoms with Gasteiger partial charge in [-0.15, -0.1) is 0 Å². The number of esters is 1. The lowest BCUT2D eigenvalue weighted by Gasteiger charge is -2.44. The van der Waals surface area contributed by atoms with Crippen LogP contribution in [-0.4, -0.2) is 23.8 Å². The molecule has 3 nitrogen and oxygen atoms in total. The van der Waals surface area contributed by atoms with Crippen LogP contribution in [0.1, 0.15) is 85.0 Å². The maximum Gasteiger partial charge on any atom is 0.309 e. The molecule has 0 amide bonds. The SMILES string of the molecule is CCC1OC(CC)C2C3CC(C4C5CC(C(=O)OC6(CC)CC7CCC6C7)C(C5)C34)C12. The Morgan fingerprint density at radius 2 is 1.61 bits per heavy atom. The van der Waals surface area contributed by atoms with Crippen molar-refractivity contribution in [3.63, 3.8) is 0 Å². The van der Waals surface area contributed by atoms with Gasteiger partial charge in [0.05, 0.1) is 18.1 Å². The van der Waals surface area contributed by atoms with Gasteiger partial charge < -0.3 is 9.47 Å². The second-order valence-electron chi connectivity index (χ2n) is 12.8. The molecule has 1 saturated heterocycles. The van der Waals surface area contributed by atoms with Crippen LogP contribution in [0.5, 0.6) is 0 Å². The fourth-order valence-electron chi connectivity index (χ4n) is 11.5. The molecule has 3 heteroatoms. The molecule has 0 aromatic rings. The summed E-state index contributed by atoms with van der Waals surface area (Å²) in [7, 11) is 0. The van der Waals surface area contributed by atoms with Crippen LogP contribution < -0.4 is 0 Å². The summed E-state index contributed by atoms with van der Waals surface area (Å²) in [6.45, 7) is 6.91. The molecule has 0 spiro atoms. The Bertz CT molecular complexity index is 763. The zero-order valence-electron chi connectivity index (χ0n) is 19.8. The van der Waals surface area contributed by atoms with E-state index in [2.05, 4.69) is 20.8 Å². The van der Waals surface area contributed by atoms with Gasteiger partial charge in [0.15, 0.2) is 0 Å². The summed E-state index contributed by atoms with van der Waals surface area (Å²) in [6.07, 6.45) is 13.4. The molecule has 0 aromatic heterocycles. The lowest BCUT2D eigenvalue weighted by Crippen LogP contribution is -2.46. The van der Waals surface area contributed by atoms with Crippen molar-refractivity contribution < 1.29 is 14.3 Å². The van der Waals surface area contributed by atoms with E-state index < -0.39 is 0 Å². The monoisotopic (exact) mass is 426 g/mol. The molecule has 1 aliphatic heterocycles. The zero-order valence-corrected chi connectivity index (χ0v) is 19.8. The summed E-state index contributed by atoms with van der Waals surface area (Å²) in [5.41, 5.74) is -0.109. The molecule has 0 radical (unpaired) electrons. The molecular weight excluding hydrogens is 384 g/mol. The topological polar surface area (TPSA) is 35.5 Å². The van der Waals surface area contributed by atoms with Crippen LogP contribution in [0.4, 0.5) is 0 Å². The van der Waals surface area contributed by atoms with E-state index in [9.17, 15) is 4.79 Å². The zero-order chi connectivity index (χ0) is 21.1. The summed E-state index contributed by atoms with van der Waals surface area (Å²) in [5, 5.41) is 0. The molecule has 0 N–H and O–H groups in total. The van der Waals surface area contributed by atoms with Crippen molar-refractivity contribution in [3.05, 3.63) is 0 Å². The Hall–Kier alpha value is -0.570. The number of fused-ring (bicyclic) bond motifs is 14. The van der Waals surface area contributed by atoms with Gasteiger partial charge in [0.2, 0.25) is 0 Å². The molecule has 7 rings (SSSR count). The van der Waals surface area contributed by atoms with Gasteiger partial charge in [0, 0.05) is 0 Å². The number of rotatable bonds is 5. The quantitative estimate of drug-likeness (QED) is 0.408. The Morgan fingerprint density at radius 3 is 2.23 bits per heavy atom. The molecule has 14 atom stereocenters. The van der Waals surface area contributed by atoms with Crippen LogP contribution in [-0.2, 0) is 14.3 Å². The highest BCUT2D eigenvalue weighted by atomic mass is 16.6. The third-order valence-corrected chi connectivity index (χ3v) is 12.2. The standard InChI is InChI=1S/C28H42O3/c1-4-21-25-19-12-20(26(25)22(5-2)30-21)24-17-10-15(23(19)24)11-18(17)27(29)31-28(6-3)13-14-7-8-16(28)9-14/h14-26H,4-13H2,1-3H3. The minimum Gasteiger partial charge on any atom is -0.459 e. The van der Waals surface area contributed by atoms with Crippen molar-refractivity contribution in [1.82, 2.24) is 0 Å². The lowest BCUT2D eigenvalue weighted by atomic mass is 9.60. The van der Waals surface area contributed by atoms with Gasteiger partial charge >= 0.3 is 5.97 Å². The Kier molecular flexibility index (Phi) is 4.31. The second-order valence-corrected chi connectivity index (χ2v) is 12.8. The van der Waals surface area contributed by atoms with Gasteiger partial charge in [0.1, 0.15) is 5.60 Å². The highest BCUT2D eigenvalue weighted by Gasteiger charge is 2.71. The van der Waals surface area contributed by atoms with E-state index in [0.717, 1.165) is 66.6 Å². The van der Waals surface area contributed by atoms with Crippen LogP contribution >= 0.6 is 0 Å². The Labute approximate surface area is 188 Å². The van der Waals surface area contributed by atoms with E-state index in [1.54, 1.807) is 0 Å². The molecule has 31 heavy (non-hydrogen) atoms. The van der Waals surface area contributed by atoms with E-state index >= 15 is 0 Å². The lowest BCUT2D eigenvalue weighted by molar-refractivity contribution is -0.175. The molecule has 14 unspecified atom stereocenters. The molecule has 7 aliphatic rings. The average Bonchev–Trinajstić information content (AvgIpc) is 3.59. The third kappa shape index (κ3) is 2.43. The van der Waals surface area contributed by atoms with Crippen LogP contribution in [0.25, 0.3) is 0 Å². The van der Waals surface area contributed by atoms with Crippen LogP contribution in [0.2, 0.25) is 0 Å². The molecule has 172 valence electrons. The van der Waals surface area contributed by atoms with Gasteiger partial charge in [-0.25, -0.2) is 0 Å². The third-order valence-electron chi connectivity index (χ3n) is 12.2. The molecular formula is C28H42O3. The number of hydrogen-bond donors (Lipinski definition) is 0. The Morgan fingerprint density at radius 1 is 0.871 bits per heavy atom. The smallest absolute Gasteiger partial charge is 0.309 e. The first-order chi connectivity index (χ1) is 15.1. The van der Waals surface area contributed by atoms with Crippen molar-refractivity contribution in [3.8, 4) is 0 Å². The summed E-state index contributed by atoms with van der Waals surface area (Å²) in [6, 6.07) is 0. The van der Waals surface area contributed by atoms with Crippen molar-refractivity contribution in [2.45, 2.75) is 103 Å². The maximum atomic E-state index is 13.6. The minimum absolute atomic E-state index is 0.109. The molecule has 6 saturated carbocycles. The Balaban J connectivity index is 1.12. The van der Waals surface area contributed by atoms with Crippen molar-refractivity contribution >= 4 is 5.97 Å². The molecule has 1 heterocycles. The molecule has 0 aromatic carbocycles. The summed E-state index contributed by atoms with van der Waals surface area (Å²) in [4.78, 5) is 13.6. The summed E-state index contributed by atoms with van der Waals surface area (Å²) < 4.78 is 13.1. The van der Waals surface area contributed by atoms with E-state index in [-0.39, 0.29) is 17.5 Å². The normalized spacial score (nSPS) is 60.0. The number of carbonyl (C=O) groups excluding carboxylic acids is 1. The number of hydrogen-bond acceptors (Lipinski definition) is 3. The van der Waals surface area contributed by atoms with E-state index in [1.165, 1.54) is 44.9 Å². The summed E-state index contributed by atoms with van der Waals surface area (Å²) in [5.74, 6) is 8.31. The first-order valence-corrected chi connectivity index (χ1v) is 14.0. The largest absolute Gasteiger partial charge is 0.459 e. The fraction of sp³-hybridized carbons (Fsp3) is 0.964. The van der Waals surface area contributed by atoms with Crippen molar-refractivity contribution in [1.29, 1.82) is 0 Å². The predicted molar refractivity (Wildman–Crippen MR) is 119 cm³/mol. The molecule has 6 aliphatic carbocycles. The van der Waals surface area contributed by atoms with E-state index in [4.69, 9.17) is 9.47 Å². The highest BCUT2D eigenvalue weighted by Crippen LogP contribution is 2.74. The fourth-order valence-corrected chi connectivity index (χ4v) is 11.5. The van der Waals surface area contributed by atoms with Gasteiger partial charge in [-0.1, -0.05) is 20.8 Å². The summed E-state index contributed by atoms with van der Waals surface area (Å²) >= 11 is 0. The first-order valence-electron chi connectivity index (χ1n) is 14.0. The predicted octanol–water partition coefficient (Wildman–Crippen LogP) is 5.86. The van der Waals surface area contributed by atoms with E-state index in [0.29, 0.717) is 24.0 Å². The first kappa shape index (κ1) is 19.9. The molecule has 7 fully saturated rings. The van der Waals surface area contributed by atoms with Crippen LogP contribution in [0, 0.1) is 65.1 Å². The highest BCUT2D eigenvalue weighted by molar-refractivity contribution is 5.74. The van der Waals surface area contributed by atoms with Gasteiger partial charge in [-0.2, -0.15) is 0 Å². The van der Waals surface area contributed by atoms with Gasteiger partial charge in [0.25, 0.3) is 0 Å². The van der Waals surface area contributed by atoms with Gasteiger partial charge in [-0.3, -0.25) is 4.79 Å². The van der Waals surface area contributed by atoms with Crippen molar-refractivity contribution in [2.24, 2.45) is 65.1 Å².